The highest BCUT2D eigenvalue weighted by Crippen LogP contribution is 2.17. The summed E-state index contributed by atoms with van der Waals surface area (Å²) in [6, 6.07) is 6.41. The molecule has 1 aliphatic heterocycles. The van der Waals surface area contributed by atoms with Crippen molar-refractivity contribution in [1.29, 1.82) is 0 Å². The first kappa shape index (κ1) is 17.2. The van der Waals surface area contributed by atoms with Crippen LogP contribution in [0.3, 0.4) is 0 Å². The number of piperidine rings is 1. The van der Waals surface area contributed by atoms with Crippen molar-refractivity contribution in [3.63, 3.8) is 0 Å². The second-order valence-corrected chi connectivity index (χ2v) is 6.48. The van der Waals surface area contributed by atoms with E-state index in [9.17, 15) is 14.4 Å². The fourth-order valence-corrected chi connectivity index (χ4v) is 3.12. The molecule has 0 spiro atoms. The smallest absolute Gasteiger partial charge is 0.374 e. The van der Waals surface area contributed by atoms with Crippen LogP contribution in [0.5, 0.6) is 0 Å². The van der Waals surface area contributed by atoms with E-state index in [-0.39, 0.29) is 29.7 Å². The van der Waals surface area contributed by atoms with Gasteiger partial charge in [0.1, 0.15) is 5.58 Å². The van der Waals surface area contributed by atoms with Crippen molar-refractivity contribution < 1.29 is 18.7 Å². The molecule has 1 aromatic heterocycles. The highest BCUT2D eigenvalue weighted by atomic mass is 16.5. The summed E-state index contributed by atoms with van der Waals surface area (Å²) >= 11 is 0. The van der Waals surface area contributed by atoms with Gasteiger partial charge in [0.15, 0.2) is 12.0 Å². The summed E-state index contributed by atoms with van der Waals surface area (Å²) in [6.45, 7) is 4.19. The van der Waals surface area contributed by atoms with Crippen molar-refractivity contribution in [1.82, 2.24) is 4.90 Å². The van der Waals surface area contributed by atoms with Gasteiger partial charge in [0.05, 0.1) is 5.39 Å². The number of esters is 1. The van der Waals surface area contributed by atoms with Crippen LogP contribution in [0.15, 0.2) is 33.5 Å². The van der Waals surface area contributed by atoms with E-state index in [2.05, 4.69) is 0 Å². The van der Waals surface area contributed by atoms with Crippen molar-refractivity contribution in [3.8, 4) is 0 Å². The maximum atomic E-state index is 12.2. The molecule has 0 unspecified atom stereocenters. The number of fused-ring (bicyclic) bond motifs is 1. The maximum absolute atomic E-state index is 12.2. The molecule has 1 aromatic carbocycles. The lowest BCUT2D eigenvalue weighted by molar-refractivity contribution is -0.137. The molecule has 1 saturated heterocycles. The summed E-state index contributed by atoms with van der Waals surface area (Å²) in [5.41, 5.74) is 0.935. The number of hydrogen-bond donors (Lipinski definition) is 0. The van der Waals surface area contributed by atoms with Gasteiger partial charge in [0.25, 0.3) is 5.91 Å². The number of hydrogen-bond acceptors (Lipinski definition) is 5. The summed E-state index contributed by atoms with van der Waals surface area (Å²) in [6.07, 6.45) is 3.02. The Kier molecular flexibility index (Phi) is 4.88. The molecule has 0 bridgehead atoms. The van der Waals surface area contributed by atoms with Crippen LogP contribution in [0.4, 0.5) is 0 Å². The number of likely N-dealkylation sites (tertiary alicyclic amines) is 1. The summed E-state index contributed by atoms with van der Waals surface area (Å²) < 4.78 is 10.5. The number of carbonyl (C=O) groups is 2. The molecule has 1 aliphatic rings. The average Bonchev–Trinajstić information content (AvgIpc) is 2.60. The Morgan fingerprint density at radius 3 is 2.84 bits per heavy atom. The largest absolute Gasteiger partial charge is 0.450 e. The van der Waals surface area contributed by atoms with E-state index < -0.39 is 5.97 Å². The minimum absolute atomic E-state index is 0.154. The second kappa shape index (κ2) is 7.09. The lowest BCUT2D eigenvalue weighted by Gasteiger charge is -2.33. The van der Waals surface area contributed by atoms with Gasteiger partial charge in [-0.3, -0.25) is 9.59 Å². The monoisotopic (exact) mass is 343 g/mol. The Morgan fingerprint density at radius 2 is 2.08 bits per heavy atom. The topological polar surface area (TPSA) is 76.8 Å². The molecule has 132 valence electrons. The predicted molar refractivity (Wildman–Crippen MR) is 92.5 cm³/mol. The van der Waals surface area contributed by atoms with Gasteiger partial charge in [-0.15, -0.1) is 0 Å². The average molecular weight is 343 g/mol. The van der Waals surface area contributed by atoms with Crippen LogP contribution >= 0.6 is 0 Å². The first-order valence-corrected chi connectivity index (χ1v) is 8.47. The highest BCUT2D eigenvalue weighted by Gasteiger charge is 2.24. The molecule has 0 radical (unpaired) electrons. The van der Waals surface area contributed by atoms with Gasteiger partial charge in [-0.05, 0) is 45.2 Å². The van der Waals surface area contributed by atoms with E-state index in [1.165, 1.54) is 0 Å². The van der Waals surface area contributed by atoms with Crippen molar-refractivity contribution in [2.75, 3.05) is 13.2 Å². The van der Waals surface area contributed by atoms with E-state index in [1.807, 2.05) is 13.8 Å². The Balaban J connectivity index is 1.71. The van der Waals surface area contributed by atoms with Gasteiger partial charge in [0.2, 0.25) is 5.76 Å². The first-order chi connectivity index (χ1) is 12.0. The van der Waals surface area contributed by atoms with Crippen LogP contribution in [0, 0.1) is 6.92 Å². The third kappa shape index (κ3) is 3.73. The molecule has 1 fully saturated rings. The molecule has 0 N–H and O–H groups in total. The van der Waals surface area contributed by atoms with Crippen molar-refractivity contribution in [2.45, 2.75) is 39.2 Å². The number of rotatable bonds is 3. The standard InChI is InChI=1S/C19H21NO5/c1-12-6-7-16-14(9-12)15(21)10-17(25-16)19(23)24-11-18(22)20-8-4-3-5-13(20)2/h6-7,9-10,13H,3-5,8,11H2,1-2H3/t13-/m1/s1. The molecule has 2 aromatic rings. The number of ether oxygens (including phenoxy) is 1. The van der Waals surface area contributed by atoms with Crippen LogP contribution in [0.1, 0.15) is 42.3 Å². The molecule has 3 rings (SSSR count). The lowest BCUT2D eigenvalue weighted by atomic mass is 10.0. The Hall–Kier alpha value is -2.63. The Bertz CT molecular complexity index is 870. The van der Waals surface area contributed by atoms with Gasteiger partial charge < -0.3 is 14.1 Å². The first-order valence-electron chi connectivity index (χ1n) is 8.47. The predicted octanol–water partition coefficient (Wildman–Crippen LogP) is 2.66. The number of benzene rings is 1. The number of aryl methyl sites for hydroxylation is 1. The van der Waals surface area contributed by atoms with Crippen LogP contribution < -0.4 is 5.43 Å². The summed E-state index contributed by atoms with van der Waals surface area (Å²) in [4.78, 5) is 38.2. The maximum Gasteiger partial charge on any atom is 0.374 e. The molecule has 2 heterocycles. The van der Waals surface area contributed by atoms with Crippen molar-refractivity contribution in [3.05, 3.63) is 45.8 Å². The Morgan fingerprint density at radius 1 is 1.28 bits per heavy atom. The minimum Gasteiger partial charge on any atom is -0.450 e. The molecule has 1 atom stereocenters. The molecular weight excluding hydrogens is 322 g/mol. The van der Waals surface area contributed by atoms with Gasteiger partial charge in [-0.2, -0.15) is 0 Å². The lowest BCUT2D eigenvalue weighted by Crippen LogP contribution is -2.44. The number of amides is 1. The molecule has 0 aliphatic carbocycles. The summed E-state index contributed by atoms with van der Waals surface area (Å²) in [5, 5.41) is 0.412. The van der Waals surface area contributed by atoms with Crippen LogP contribution in [-0.4, -0.2) is 36.0 Å². The minimum atomic E-state index is -0.808. The van der Waals surface area contributed by atoms with E-state index in [0.717, 1.165) is 30.9 Å². The van der Waals surface area contributed by atoms with Gasteiger partial charge >= 0.3 is 5.97 Å². The van der Waals surface area contributed by atoms with Crippen molar-refractivity contribution in [2.24, 2.45) is 0 Å². The zero-order chi connectivity index (χ0) is 18.0. The third-order valence-electron chi connectivity index (χ3n) is 4.53. The van der Waals surface area contributed by atoms with Crippen molar-refractivity contribution >= 4 is 22.8 Å². The zero-order valence-electron chi connectivity index (χ0n) is 14.4. The number of carbonyl (C=O) groups excluding carboxylic acids is 2. The van der Waals surface area contributed by atoms with Gasteiger partial charge in [-0.25, -0.2) is 4.79 Å². The Labute approximate surface area is 145 Å². The van der Waals surface area contributed by atoms with Gasteiger partial charge in [0, 0.05) is 18.7 Å². The third-order valence-corrected chi connectivity index (χ3v) is 4.53. The van der Waals surface area contributed by atoms with E-state index in [0.29, 0.717) is 17.5 Å². The SMILES string of the molecule is Cc1ccc2oc(C(=O)OCC(=O)N3CCCC[C@H]3C)cc(=O)c2c1. The molecule has 25 heavy (non-hydrogen) atoms. The second-order valence-electron chi connectivity index (χ2n) is 6.48. The highest BCUT2D eigenvalue weighted by molar-refractivity contribution is 5.90. The molecule has 0 saturated carbocycles. The van der Waals surface area contributed by atoms with Crippen LogP contribution in [-0.2, 0) is 9.53 Å². The van der Waals surface area contributed by atoms with Gasteiger partial charge in [-0.1, -0.05) is 11.6 Å². The van der Waals surface area contributed by atoms with Crippen LogP contribution in [0.2, 0.25) is 0 Å². The normalized spacial score (nSPS) is 17.5. The van der Waals surface area contributed by atoms with E-state index in [4.69, 9.17) is 9.15 Å². The zero-order valence-corrected chi connectivity index (χ0v) is 14.4. The summed E-state index contributed by atoms with van der Waals surface area (Å²) in [5.74, 6) is -1.22. The van der Waals surface area contributed by atoms with E-state index >= 15 is 0 Å². The van der Waals surface area contributed by atoms with E-state index in [1.54, 1.807) is 23.1 Å². The summed E-state index contributed by atoms with van der Waals surface area (Å²) in [7, 11) is 0. The fraction of sp³-hybridized carbons (Fsp3) is 0.421. The fourth-order valence-electron chi connectivity index (χ4n) is 3.12. The molecule has 6 nitrogen and oxygen atoms in total. The number of nitrogens with zero attached hydrogens (tertiary/aromatic N) is 1. The molecule has 6 heteroatoms. The molecular formula is C19H21NO5. The quantitative estimate of drug-likeness (QED) is 0.801. The molecule has 1 amide bonds. The van der Waals surface area contributed by atoms with Crippen LogP contribution in [0.25, 0.3) is 11.0 Å².